The Bertz CT molecular complexity index is 2530. The Morgan fingerprint density at radius 3 is 2.36 bits per heavy atom. The minimum Gasteiger partial charge on any atom is -0.485 e. The van der Waals surface area contributed by atoms with Gasteiger partial charge in [0.25, 0.3) is 17.7 Å². The van der Waals surface area contributed by atoms with Crippen molar-refractivity contribution in [2.45, 2.75) is 136 Å². The van der Waals surface area contributed by atoms with Crippen molar-refractivity contribution in [2.24, 2.45) is 5.41 Å². The molecule has 3 aromatic carbocycles. The van der Waals surface area contributed by atoms with Crippen LogP contribution in [0.3, 0.4) is 0 Å². The fraction of sp³-hybridized carbons (Fsp3) is 0.472. The lowest BCUT2D eigenvalue weighted by Gasteiger charge is -2.36. The van der Waals surface area contributed by atoms with E-state index in [1.807, 2.05) is 19.9 Å². The lowest BCUT2D eigenvalue weighted by molar-refractivity contribution is -0.153. The van der Waals surface area contributed by atoms with Gasteiger partial charge in [0.1, 0.15) is 18.4 Å². The zero-order valence-corrected chi connectivity index (χ0v) is 40.2. The minimum atomic E-state index is -1.13. The summed E-state index contributed by atoms with van der Waals surface area (Å²) in [6, 6.07) is 15.9. The number of fused-ring (bicyclic) bond motifs is 1. The summed E-state index contributed by atoms with van der Waals surface area (Å²) in [4.78, 5) is 132. The Morgan fingerprint density at radius 2 is 1.62 bits per heavy atom. The average molecular weight is 946 g/mol. The van der Waals surface area contributed by atoms with Crippen LogP contribution in [-0.2, 0) is 44.8 Å². The second-order valence-electron chi connectivity index (χ2n) is 19.0. The molecule has 1 unspecified atom stereocenters. The number of benzene rings is 3. The highest BCUT2D eigenvalue weighted by Gasteiger charge is 2.46. The first-order chi connectivity index (χ1) is 32.9. The summed E-state index contributed by atoms with van der Waals surface area (Å²) in [5.41, 5.74) is 3.78. The molecule has 3 atom stereocenters. The van der Waals surface area contributed by atoms with E-state index in [1.165, 1.54) is 28.7 Å². The number of hydrogen-bond donors (Lipinski definition) is 3. The van der Waals surface area contributed by atoms with E-state index in [1.54, 1.807) is 32.0 Å². The maximum atomic E-state index is 14.2. The van der Waals surface area contributed by atoms with E-state index >= 15 is 0 Å². The molecule has 3 aliphatic rings. The number of carbonyl (C=O) groups is 10. The average Bonchev–Trinajstić information content (AvgIpc) is 3.59. The summed E-state index contributed by atoms with van der Waals surface area (Å²) in [7, 11) is 0. The van der Waals surface area contributed by atoms with E-state index in [9.17, 15) is 47.9 Å². The molecule has 2 saturated heterocycles. The molecule has 7 amide bonds. The van der Waals surface area contributed by atoms with E-state index in [4.69, 9.17) is 4.74 Å². The van der Waals surface area contributed by atoms with E-state index < -0.39 is 64.6 Å². The van der Waals surface area contributed by atoms with Crippen molar-refractivity contribution in [3.8, 4) is 5.75 Å². The van der Waals surface area contributed by atoms with Crippen molar-refractivity contribution in [2.75, 3.05) is 25.0 Å². The number of likely N-dealkylation sites (tertiary alicyclic amines) is 1. The first-order valence-corrected chi connectivity index (χ1v) is 24.0. The van der Waals surface area contributed by atoms with Crippen LogP contribution in [0.1, 0.15) is 147 Å². The van der Waals surface area contributed by atoms with Crippen molar-refractivity contribution in [3.05, 3.63) is 94.0 Å². The highest BCUT2D eigenvalue weighted by atomic mass is 16.5. The lowest BCUT2D eigenvalue weighted by atomic mass is 9.82. The number of imide groups is 2. The summed E-state index contributed by atoms with van der Waals surface area (Å²) >= 11 is 0. The molecule has 0 aliphatic carbocycles. The highest BCUT2D eigenvalue weighted by molar-refractivity contribution is 6.39. The van der Waals surface area contributed by atoms with Gasteiger partial charge in [0, 0.05) is 43.5 Å². The normalized spacial score (nSPS) is 17.5. The number of piperidine rings is 2. The predicted octanol–water partition coefficient (Wildman–Crippen LogP) is 6.03. The topological polar surface area (TPSA) is 222 Å². The Labute approximate surface area is 402 Å². The van der Waals surface area contributed by atoms with Crippen LogP contribution in [0, 0.1) is 19.3 Å². The van der Waals surface area contributed by atoms with Crippen LogP contribution < -0.4 is 20.7 Å². The van der Waals surface area contributed by atoms with Crippen molar-refractivity contribution in [3.63, 3.8) is 0 Å². The van der Waals surface area contributed by atoms with Gasteiger partial charge in [-0.15, -0.1) is 0 Å². The zero-order chi connectivity index (χ0) is 50.0. The molecular formula is C53H63N5O11. The van der Waals surface area contributed by atoms with Crippen molar-refractivity contribution in [1.29, 1.82) is 0 Å². The van der Waals surface area contributed by atoms with Crippen molar-refractivity contribution >= 4 is 64.4 Å². The van der Waals surface area contributed by atoms with Crippen LogP contribution in [0.15, 0.2) is 60.7 Å². The van der Waals surface area contributed by atoms with Crippen LogP contribution >= 0.6 is 0 Å². The van der Waals surface area contributed by atoms with Gasteiger partial charge in [0.2, 0.25) is 17.6 Å². The number of anilines is 1. The largest absolute Gasteiger partial charge is 0.485 e. The summed E-state index contributed by atoms with van der Waals surface area (Å²) in [6.45, 7) is 9.63. The fourth-order valence-electron chi connectivity index (χ4n) is 8.95. The molecular weight excluding hydrogens is 883 g/mol. The van der Waals surface area contributed by atoms with Gasteiger partial charge in [-0.1, -0.05) is 63.6 Å². The van der Waals surface area contributed by atoms with Crippen LogP contribution in [0.5, 0.6) is 5.75 Å². The molecule has 3 N–H and O–H groups in total. The second kappa shape index (κ2) is 23.0. The number of nitrogens with zero attached hydrogens (tertiary/aromatic N) is 2. The number of ketones is 3. The molecule has 16 heteroatoms. The van der Waals surface area contributed by atoms with Gasteiger partial charge in [-0.05, 0) is 124 Å². The molecule has 366 valence electrons. The predicted molar refractivity (Wildman–Crippen MR) is 255 cm³/mol. The maximum Gasteiger partial charge on any atom is 0.313 e. The minimum absolute atomic E-state index is 0.00918. The number of hydrogen-bond acceptors (Lipinski definition) is 11. The van der Waals surface area contributed by atoms with Crippen LogP contribution in [0.4, 0.5) is 5.69 Å². The van der Waals surface area contributed by atoms with Crippen molar-refractivity contribution in [1.82, 2.24) is 20.4 Å². The first kappa shape index (κ1) is 51.5. The third kappa shape index (κ3) is 12.6. The number of rotatable bonds is 21. The molecule has 0 aromatic heterocycles. The Morgan fingerprint density at radius 1 is 0.855 bits per heavy atom. The summed E-state index contributed by atoms with van der Waals surface area (Å²) in [5, 5.41) is 7.45. The van der Waals surface area contributed by atoms with Crippen molar-refractivity contribution < 1.29 is 52.7 Å². The summed E-state index contributed by atoms with van der Waals surface area (Å²) in [6.07, 6.45) is 5.46. The number of carbonyl (C=O) groups excluding carboxylic acids is 10. The fourth-order valence-corrected chi connectivity index (χ4v) is 8.95. The molecule has 69 heavy (non-hydrogen) atoms. The van der Waals surface area contributed by atoms with Gasteiger partial charge in [-0.3, -0.25) is 58.2 Å². The van der Waals surface area contributed by atoms with Gasteiger partial charge in [0.15, 0.2) is 11.6 Å². The smallest absolute Gasteiger partial charge is 0.313 e. The second-order valence-corrected chi connectivity index (χ2v) is 19.0. The van der Waals surface area contributed by atoms with Gasteiger partial charge in [-0.2, -0.15) is 0 Å². The quantitative estimate of drug-likeness (QED) is 0.0636. The Hall–Kier alpha value is -6.84. The van der Waals surface area contributed by atoms with Crippen LogP contribution in [-0.4, -0.2) is 100 Å². The standard InChI is InChI=1S/C53H63N5O11/c1-6-53(4,5)46(62)52(68)57-27-11-9-18-40(57)42(60)30-36(23-22-34-21-20-32(2)33(3)28-34)35-14-12-15-37(29-35)55-49(65)48(64)54-26-10-7-8-16-38(59)31-69-43-19-13-17-39-45(43)51(67)58(50(39)66)41-24-25-44(61)56-47(41)63/h12-15,17,19-21,28-29,36,40-41H,6-11,16,18,22-27,30-31H2,1-5H3,(H,54,64)(H,55,65)(H,56,61,63)/t36-,40-,41?/m0/s1. The number of amides is 7. The number of Topliss-reactive ketones (excluding diaryl/α,β-unsaturated/α-hetero) is 3. The third-order valence-electron chi connectivity index (χ3n) is 13.7. The number of unbranched alkanes of at least 4 members (excludes halogenated alkanes) is 2. The Kier molecular flexibility index (Phi) is 17.2. The first-order valence-electron chi connectivity index (χ1n) is 24.0. The molecule has 2 fully saturated rings. The third-order valence-corrected chi connectivity index (χ3v) is 13.7. The molecule has 0 saturated carbocycles. The monoisotopic (exact) mass is 945 g/mol. The molecule has 0 bridgehead atoms. The summed E-state index contributed by atoms with van der Waals surface area (Å²) in [5.74, 6) is -6.07. The zero-order valence-electron chi connectivity index (χ0n) is 40.2. The SMILES string of the molecule is CCC(C)(C)C(=O)C(=O)N1CCCC[C@H]1C(=O)C[C@H](CCc1ccc(C)c(C)c1)c1cccc(NC(=O)C(=O)NCCCCCC(=O)COc2cccc3c2C(=O)N(C2CCC(=O)NC2=O)C3=O)c1. The van der Waals surface area contributed by atoms with Crippen LogP contribution in [0.2, 0.25) is 0 Å². The van der Waals surface area contributed by atoms with E-state index in [0.29, 0.717) is 63.6 Å². The van der Waals surface area contributed by atoms with Gasteiger partial charge in [-0.25, -0.2) is 0 Å². The number of aryl methyl sites for hydroxylation is 3. The van der Waals surface area contributed by atoms with Gasteiger partial charge < -0.3 is 20.3 Å². The van der Waals surface area contributed by atoms with Gasteiger partial charge in [0.05, 0.1) is 17.2 Å². The molecule has 0 spiro atoms. The van der Waals surface area contributed by atoms with Crippen LogP contribution in [0.25, 0.3) is 0 Å². The Balaban J connectivity index is 0.984. The number of nitrogens with one attached hydrogen (secondary N) is 3. The molecule has 0 radical (unpaired) electrons. The molecule has 6 rings (SSSR count). The molecule has 3 aliphatic heterocycles. The van der Waals surface area contributed by atoms with E-state index in [-0.39, 0.29) is 73.2 Å². The van der Waals surface area contributed by atoms with E-state index in [2.05, 4.69) is 41.1 Å². The highest BCUT2D eigenvalue weighted by Crippen LogP contribution is 2.35. The van der Waals surface area contributed by atoms with E-state index in [0.717, 1.165) is 28.0 Å². The maximum absolute atomic E-state index is 14.2. The summed E-state index contributed by atoms with van der Waals surface area (Å²) < 4.78 is 5.68. The van der Waals surface area contributed by atoms with Gasteiger partial charge >= 0.3 is 11.8 Å². The molecule has 3 aromatic rings. The molecule has 16 nitrogen and oxygen atoms in total. The lowest BCUT2D eigenvalue weighted by Crippen LogP contribution is -2.54. The number of ether oxygens (including phenoxy) is 1. The molecule has 3 heterocycles.